The Labute approximate surface area is 101 Å². The first kappa shape index (κ1) is 10.6. The fraction of sp³-hybridized carbons (Fsp3) is 0.462. The molecule has 0 aliphatic carbocycles. The minimum atomic E-state index is 0.271. The Bertz CT molecular complexity index is 512. The van der Waals surface area contributed by atoms with Crippen LogP contribution in [0.1, 0.15) is 13.8 Å². The molecule has 0 saturated carbocycles. The Morgan fingerprint density at radius 1 is 1.29 bits per heavy atom. The summed E-state index contributed by atoms with van der Waals surface area (Å²) in [7, 11) is 0. The highest BCUT2D eigenvalue weighted by Crippen LogP contribution is 2.26. The van der Waals surface area contributed by atoms with E-state index in [4.69, 9.17) is 4.74 Å². The van der Waals surface area contributed by atoms with E-state index in [1.807, 2.05) is 0 Å². The summed E-state index contributed by atoms with van der Waals surface area (Å²) in [4.78, 5) is 9.92. The molecule has 0 bridgehead atoms. The van der Waals surface area contributed by atoms with Gasteiger partial charge in [0, 0.05) is 13.1 Å². The maximum atomic E-state index is 5.76. The van der Waals surface area contributed by atoms with Crippen molar-refractivity contribution < 1.29 is 4.74 Å². The van der Waals surface area contributed by atoms with Gasteiger partial charge in [-0.05, 0) is 26.0 Å². The zero-order chi connectivity index (χ0) is 11.8. The van der Waals surface area contributed by atoms with Crippen molar-refractivity contribution in [2.75, 3.05) is 18.0 Å². The van der Waals surface area contributed by atoms with Gasteiger partial charge < -0.3 is 14.6 Å². The number of H-pyrrole nitrogens is 1. The predicted octanol–water partition coefficient (Wildman–Crippen LogP) is 2.18. The lowest BCUT2D eigenvalue weighted by molar-refractivity contribution is -0.00513. The Balaban J connectivity index is 2.00. The number of nitrogens with zero attached hydrogens (tertiary/aromatic N) is 2. The van der Waals surface area contributed by atoms with Crippen LogP contribution in [-0.2, 0) is 4.74 Å². The van der Waals surface area contributed by atoms with E-state index in [9.17, 15) is 0 Å². The Kier molecular flexibility index (Phi) is 2.52. The van der Waals surface area contributed by atoms with Gasteiger partial charge in [0.1, 0.15) is 5.52 Å². The lowest BCUT2D eigenvalue weighted by Crippen LogP contribution is -2.45. The van der Waals surface area contributed by atoms with Gasteiger partial charge in [-0.3, -0.25) is 0 Å². The molecule has 1 saturated heterocycles. The van der Waals surface area contributed by atoms with Gasteiger partial charge in [-0.25, -0.2) is 4.98 Å². The molecule has 1 fully saturated rings. The second-order valence-corrected chi connectivity index (χ2v) is 4.74. The fourth-order valence-electron chi connectivity index (χ4n) is 2.58. The maximum Gasteiger partial charge on any atom is 0.112 e. The second-order valence-electron chi connectivity index (χ2n) is 4.74. The topological polar surface area (TPSA) is 41.2 Å². The van der Waals surface area contributed by atoms with E-state index in [1.54, 1.807) is 6.33 Å². The van der Waals surface area contributed by atoms with E-state index in [-0.39, 0.29) is 12.2 Å². The summed E-state index contributed by atoms with van der Waals surface area (Å²) in [5.74, 6) is 0. The smallest absolute Gasteiger partial charge is 0.112 e. The number of hydrogen-bond donors (Lipinski definition) is 1. The number of ether oxygens (including phenoxy) is 1. The van der Waals surface area contributed by atoms with Crippen LogP contribution in [-0.4, -0.2) is 35.3 Å². The highest BCUT2D eigenvalue weighted by Gasteiger charge is 2.23. The van der Waals surface area contributed by atoms with E-state index in [0.717, 1.165) is 24.1 Å². The summed E-state index contributed by atoms with van der Waals surface area (Å²) in [6.45, 7) is 6.09. The number of hydrogen-bond acceptors (Lipinski definition) is 3. The van der Waals surface area contributed by atoms with Crippen LogP contribution >= 0.6 is 0 Å². The molecule has 4 heteroatoms. The molecular formula is C13H17N3O. The molecule has 17 heavy (non-hydrogen) atoms. The number of aromatic amines is 1. The quantitative estimate of drug-likeness (QED) is 0.817. The third-order valence-corrected chi connectivity index (χ3v) is 3.19. The summed E-state index contributed by atoms with van der Waals surface area (Å²) in [5, 5.41) is 0. The molecule has 1 aliphatic rings. The second kappa shape index (κ2) is 4.04. The molecule has 0 spiro atoms. The van der Waals surface area contributed by atoms with Crippen molar-refractivity contribution in [3.63, 3.8) is 0 Å². The maximum absolute atomic E-state index is 5.76. The number of para-hydroxylation sites is 1. The van der Waals surface area contributed by atoms with E-state index in [0.29, 0.717) is 0 Å². The Morgan fingerprint density at radius 2 is 2.06 bits per heavy atom. The summed E-state index contributed by atoms with van der Waals surface area (Å²) < 4.78 is 5.76. The standard InChI is InChI=1S/C13H17N3O/c1-9-6-16(7-10(2)17-9)12-5-3-4-11-13(12)15-8-14-11/h3-5,8-10H,6-7H2,1-2H3,(H,14,15)/t9-,10-/m0/s1. The molecule has 3 rings (SSSR count). The molecule has 2 atom stereocenters. The van der Waals surface area contributed by atoms with Crippen molar-refractivity contribution >= 4 is 16.7 Å². The van der Waals surface area contributed by atoms with Crippen molar-refractivity contribution in [3.8, 4) is 0 Å². The van der Waals surface area contributed by atoms with Crippen LogP contribution in [0.4, 0.5) is 5.69 Å². The van der Waals surface area contributed by atoms with Gasteiger partial charge in [0.15, 0.2) is 0 Å². The first-order chi connectivity index (χ1) is 8.24. The molecule has 2 aromatic rings. The molecule has 1 aliphatic heterocycles. The molecule has 1 aromatic carbocycles. The third-order valence-electron chi connectivity index (χ3n) is 3.19. The van der Waals surface area contributed by atoms with Gasteiger partial charge in [0.05, 0.1) is 29.7 Å². The van der Waals surface area contributed by atoms with Crippen LogP contribution in [0.15, 0.2) is 24.5 Å². The number of morpholine rings is 1. The zero-order valence-corrected chi connectivity index (χ0v) is 10.2. The van der Waals surface area contributed by atoms with Crippen molar-refractivity contribution in [3.05, 3.63) is 24.5 Å². The van der Waals surface area contributed by atoms with E-state index >= 15 is 0 Å². The van der Waals surface area contributed by atoms with Gasteiger partial charge in [0.25, 0.3) is 0 Å². The van der Waals surface area contributed by atoms with Crippen LogP contribution in [0, 0.1) is 0 Å². The van der Waals surface area contributed by atoms with Gasteiger partial charge in [0.2, 0.25) is 0 Å². The predicted molar refractivity (Wildman–Crippen MR) is 68.3 cm³/mol. The minimum Gasteiger partial charge on any atom is -0.372 e. The lowest BCUT2D eigenvalue weighted by Gasteiger charge is -2.36. The molecule has 0 radical (unpaired) electrons. The number of aromatic nitrogens is 2. The average Bonchev–Trinajstić information content (AvgIpc) is 2.75. The van der Waals surface area contributed by atoms with Gasteiger partial charge >= 0.3 is 0 Å². The largest absolute Gasteiger partial charge is 0.372 e. The first-order valence-electron chi connectivity index (χ1n) is 6.06. The highest BCUT2D eigenvalue weighted by atomic mass is 16.5. The number of rotatable bonds is 1. The molecule has 1 aromatic heterocycles. The van der Waals surface area contributed by atoms with Gasteiger partial charge in [-0.15, -0.1) is 0 Å². The molecule has 90 valence electrons. The third kappa shape index (κ3) is 1.89. The van der Waals surface area contributed by atoms with Crippen LogP contribution in [0.3, 0.4) is 0 Å². The van der Waals surface area contributed by atoms with Gasteiger partial charge in [-0.2, -0.15) is 0 Å². The fourth-order valence-corrected chi connectivity index (χ4v) is 2.58. The van der Waals surface area contributed by atoms with Crippen LogP contribution < -0.4 is 4.90 Å². The van der Waals surface area contributed by atoms with Crippen molar-refractivity contribution in [2.24, 2.45) is 0 Å². The summed E-state index contributed by atoms with van der Waals surface area (Å²) >= 11 is 0. The molecule has 4 nitrogen and oxygen atoms in total. The number of anilines is 1. The Morgan fingerprint density at radius 3 is 2.82 bits per heavy atom. The number of fused-ring (bicyclic) bond motifs is 1. The van der Waals surface area contributed by atoms with Crippen LogP contribution in [0.2, 0.25) is 0 Å². The van der Waals surface area contributed by atoms with Crippen molar-refractivity contribution in [1.82, 2.24) is 9.97 Å². The van der Waals surface area contributed by atoms with Crippen LogP contribution in [0.25, 0.3) is 11.0 Å². The van der Waals surface area contributed by atoms with E-state index < -0.39 is 0 Å². The Hall–Kier alpha value is -1.55. The van der Waals surface area contributed by atoms with E-state index in [2.05, 4.69) is 46.9 Å². The molecule has 0 amide bonds. The molecular weight excluding hydrogens is 214 g/mol. The van der Waals surface area contributed by atoms with Crippen LogP contribution in [0.5, 0.6) is 0 Å². The number of nitrogens with one attached hydrogen (secondary N) is 1. The average molecular weight is 231 g/mol. The minimum absolute atomic E-state index is 0.271. The zero-order valence-electron chi connectivity index (χ0n) is 10.2. The number of imidazole rings is 1. The normalized spacial score (nSPS) is 25.4. The van der Waals surface area contributed by atoms with Crippen molar-refractivity contribution in [1.29, 1.82) is 0 Å². The molecule has 0 unspecified atom stereocenters. The van der Waals surface area contributed by atoms with Crippen molar-refractivity contribution in [2.45, 2.75) is 26.1 Å². The van der Waals surface area contributed by atoms with E-state index in [1.165, 1.54) is 5.69 Å². The molecule has 2 heterocycles. The highest BCUT2D eigenvalue weighted by molar-refractivity contribution is 5.88. The SMILES string of the molecule is C[C@H]1CN(c2cccc3[nH]cnc23)C[C@H](C)O1. The summed E-state index contributed by atoms with van der Waals surface area (Å²) in [5.41, 5.74) is 3.34. The van der Waals surface area contributed by atoms with Gasteiger partial charge in [-0.1, -0.05) is 6.07 Å². The monoisotopic (exact) mass is 231 g/mol. The summed E-state index contributed by atoms with van der Waals surface area (Å²) in [6.07, 6.45) is 2.29. The molecule has 1 N–H and O–H groups in total. The number of benzene rings is 1. The first-order valence-corrected chi connectivity index (χ1v) is 6.06. The lowest BCUT2D eigenvalue weighted by atomic mass is 10.2. The summed E-state index contributed by atoms with van der Waals surface area (Å²) in [6, 6.07) is 6.26.